The van der Waals surface area contributed by atoms with E-state index in [4.69, 9.17) is 4.74 Å². The third-order valence-electron chi connectivity index (χ3n) is 3.94. The highest BCUT2D eigenvalue weighted by molar-refractivity contribution is 5.62. The zero-order chi connectivity index (χ0) is 18.5. The van der Waals surface area contributed by atoms with Crippen LogP contribution < -0.4 is 5.56 Å². The number of aromatic nitrogens is 3. The lowest BCUT2D eigenvalue weighted by Gasteiger charge is -2.11. The lowest BCUT2D eigenvalue weighted by atomic mass is 10.0. The van der Waals surface area contributed by atoms with Gasteiger partial charge in [-0.1, -0.05) is 24.3 Å². The van der Waals surface area contributed by atoms with Crippen molar-refractivity contribution in [3.8, 4) is 17.0 Å². The smallest absolute Gasteiger partial charge is 0.280 e. The number of halogens is 1. The maximum Gasteiger partial charge on any atom is 0.280 e. The Labute approximate surface area is 149 Å². The van der Waals surface area contributed by atoms with Crippen LogP contribution in [-0.2, 0) is 17.9 Å². The van der Waals surface area contributed by atoms with Crippen molar-refractivity contribution in [3.63, 3.8) is 0 Å². The van der Waals surface area contributed by atoms with Gasteiger partial charge in [0, 0.05) is 24.8 Å². The molecule has 2 aromatic heterocycles. The lowest BCUT2D eigenvalue weighted by molar-refractivity contribution is 0.0804. The molecule has 3 aromatic rings. The van der Waals surface area contributed by atoms with Gasteiger partial charge in [0.2, 0.25) is 11.8 Å². The maximum atomic E-state index is 12.9. The first-order valence-corrected chi connectivity index (χ1v) is 8.14. The van der Waals surface area contributed by atoms with Crippen LogP contribution in [0.5, 0.6) is 5.88 Å². The van der Waals surface area contributed by atoms with E-state index in [9.17, 15) is 14.3 Å². The molecule has 0 aliphatic rings. The van der Waals surface area contributed by atoms with Gasteiger partial charge in [-0.15, -0.1) is 0 Å². The Kier molecular flexibility index (Phi) is 5.38. The second-order valence-electron chi connectivity index (χ2n) is 5.69. The van der Waals surface area contributed by atoms with Gasteiger partial charge in [0.1, 0.15) is 13.1 Å². The number of aromatic hydroxyl groups is 1. The average molecular weight is 355 g/mol. The van der Waals surface area contributed by atoms with E-state index >= 15 is 0 Å². The van der Waals surface area contributed by atoms with Crippen molar-refractivity contribution in [1.82, 2.24) is 14.5 Å². The van der Waals surface area contributed by atoms with E-state index in [-0.39, 0.29) is 24.6 Å². The molecule has 0 aliphatic carbocycles. The number of hydrogen-bond donors (Lipinski definition) is 1. The molecule has 6 nitrogen and oxygen atoms in total. The van der Waals surface area contributed by atoms with Crippen molar-refractivity contribution in [1.29, 1.82) is 0 Å². The Hall–Kier alpha value is -3.06. The van der Waals surface area contributed by atoms with E-state index in [0.29, 0.717) is 6.61 Å². The molecule has 0 fully saturated rings. The minimum Gasteiger partial charge on any atom is -0.494 e. The summed E-state index contributed by atoms with van der Waals surface area (Å²) in [5.74, 6) is -0.675. The molecule has 1 N–H and O–H groups in total. The van der Waals surface area contributed by atoms with E-state index in [1.165, 1.54) is 23.2 Å². The summed E-state index contributed by atoms with van der Waals surface area (Å²) in [7, 11) is 0. The summed E-state index contributed by atoms with van der Waals surface area (Å²) in [4.78, 5) is 19.4. The number of nitrogens with zero attached hydrogens (tertiary/aromatic N) is 3. The van der Waals surface area contributed by atoms with Gasteiger partial charge in [0.25, 0.3) is 5.56 Å². The minimum absolute atomic E-state index is 0.124. The molecule has 26 heavy (non-hydrogen) atoms. The molecule has 0 bridgehead atoms. The van der Waals surface area contributed by atoms with Gasteiger partial charge in [-0.3, -0.25) is 9.36 Å². The van der Waals surface area contributed by atoms with Crippen LogP contribution >= 0.6 is 0 Å². The molecular formula is C19H18FN3O3. The van der Waals surface area contributed by atoms with Crippen molar-refractivity contribution in [2.75, 3.05) is 6.61 Å². The van der Waals surface area contributed by atoms with Crippen molar-refractivity contribution < 1.29 is 14.2 Å². The Morgan fingerprint density at radius 2 is 1.85 bits per heavy atom. The molecule has 0 aliphatic heterocycles. The zero-order valence-electron chi connectivity index (χ0n) is 14.2. The molecule has 1 aromatic carbocycles. The van der Waals surface area contributed by atoms with Crippen LogP contribution in [0.25, 0.3) is 11.1 Å². The fourth-order valence-electron chi connectivity index (χ4n) is 2.53. The van der Waals surface area contributed by atoms with Crippen molar-refractivity contribution in [2.45, 2.75) is 20.1 Å². The summed E-state index contributed by atoms with van der Waals surface area (Å²) >= 11 is 0. The molecule has 3 rings (SSSR count). The van der Waals surface area contributed by atoms with E-state index in [0.717, 1.165) is 16.7 Å². The van der Waals surface area contributed by atoms with E-state index < -0.39 is 11.5 Å². The molecule has 0 atom stereocenters. The van der Waals surface area contributed by atoms with Crippen LogP contribution in [0.3, 0.4) is 0 Å². The minimum atomic E-state index is -0.527. The number of hydrogen-bond acceptors (Lipinski definition) is 5. The quantitative estimate of drug-likeness (QED) is 0.688. The third kappa shape index (κ3) is 3.94. The van der Waals surface area contributed by atoms with Crippen LogP contribution in [0.1, 0.15) is 18.1 Å². The molecule has 0 saturated carbocycles. The Bertz CT molecular complexity index is 938. The third-order valence-corrected chi connectivity index (χ3v) is 3.94. The van der Waals surface area contributed by atoms with Gasteiger partial charge >= 0.3 is 0 Å². The Morgan fingerprint density at radius 3 is 2.50 bits per heavy atom. The SMILES string of the molecule is CCOCn1cnc(=O)c(Cc2ccc(-c3ccc(F)nc3)cc2)c1O. The molecular weight excluding hydrogens is 337 g/mol. The fraction of sp³-hybridized carbons (Fsp3) is 0.211. The molecule has 0 amide bonds. The molecule has 0 saturated heterocycles. The van der Waals surface area contributed by atoms with Crippen LogP contribution in [0.4, 0.5) is 4.39 Å². The lowest BCUT2D eigenvalue weighted by Crippen LogP contribution is -2.18. The summed E-state index contributed by atoms with van der Waals surface area (Å²) in [6, 6.07) is 10.4. The zero-order valence-corrected chi connectivity index (χ0v) is 14.2. The Balaban J connectivity index is 1.83. The topological polar surface area (TPSA) is 77.2 Å². The van der Waals surface area contributed by atoms with Crippen molar-refractivity contribution >= 4 is 0 Å². The van der Waals surface area contributed by atoms with E-state index in [1.54, 1.807) is 6.07 Å². The fourth-order valence-corrected chi connectivity index (χ4v) is 2.53. The summed E-state index contributed by atoms with van der Waals surface area (Å²) in [6.45, 7) is 2.45. The first-order valence-electron chi connectivity index (χ1n) is 8.14. The molecule has 0 spiro atoms. The predicted octanol–water partition coefficient (Wildman–Crippen LogP) is 2.73. The van der Waals surface area contributed by atoms with Gasteiger partial charge in [-0.05, 0) is 30.2 Å². The second-order valence-corrected chi connectivity index (χ2v) is 5.69. The van der Waals surface area contributed by atoms with Crippen LogP contribution in [0.15, 0.2) is 53.7 Å². The highest BCUT2D eigenvalue weighted by atomic mass is 19.1. The monoisotopic (exact) mass is 355 g/mol. The van der Waals surface area contributed by atoms with Gasteiger partial charge in [-0.2, -0.15) is 9.37 Å². The van der Waals surface area contributed by atoms with Crippen LogP contribution in [0, 0.1) is 5.95 Å². The standard InChI is InChI=1S/C19H18FN3O3/c1-2-26-12-23-11-22-18(24)16(19(23)25)9-13-3-5-14(6-4-13)15-7-8-17(20)21-10-15/h3-8,10-11,25H,2,9,12H2,1H3. The van der Waals surface area contributed by atoms with E-state index in [1.807, 2.05) is 31.2 Å². The molecule has 134 valence electrons. The number of pyridine rings is 1. The number of rotatable bonds is 6. The number of ether oxygens (including phenoxy) is 1. The van der Waals surface area contributed by atoms with Gasteiger partial charge < -0.3 is 9.84 Å². The maximum absolute atomic E-state index is 12.9. The van der Waals surface area contributed by atoms with Crippen molar-refractivity contribution in [2.24, 2.45) is 0 Å². The van der Waals surface area contributed by atoms with Gasteiger partial charge in [0.05, 0.1) is 5.56 Å². The average Bonchev–Trinajstić information content (AvgIpc) is 2.66. The van der Waals surface area contributed by atoms with Crippen LogP contribution in [0.2, 0.25) is 0 Å². The Morgan fingerprint density at radius 1 is 1.12 bits per heavy atom. The number of benzene rings is 1. The summed E-state index contributed by atoms with van der Waals surface area (Å²) in [5.41, 5.74) is 2.25. The molecule has 7 heteroatoms. The first-order chi connectivity index (χ1) is 12.6. The predicted molar refractivity (Wildman–Crippen MR) is 94.2 cm³/mol. The molecule has 0 unspecified atom stereocenters. The largest absolute Gasteiger partial charge is 0.494 e. The first kappa shape index (κ1) is 17.8. The van der Waals surface area contributed by atoms with E-state index in [2.05, 4.69) is 9.97 Å². The van der Waals surface area contributed by atoms with Crippen molar-refractivity contribution in [3.05, 3.63) is 76.4 Å². The molecule has 2 heterocycles. The molecule has 0 radical (unpaired) electrons. The van der Waals surface area contributed by atoms with Gasteiger partial charge in [0.15, 0.2) is 0 Å². The van der Waals surface area contributed by atoms with Crippen LogP contribution in [-0.4, -0.2) is 26.2 Å². The second kappa shape index (κ2) is 7.88. The highest BCUT2D eigenvalue weighted by Gasteiger charge is 2.12. The summed E-state index contributed by atoms with van der Waals surface area (Å²) in [6.07, 6.45) is 2.97. The summed E-state index contributed by atoms with van der Waals surface area (Å²) in [5, 5.41) is 10.3. The normalized spacial score (nSPS) is 10.8. The van der Waals surface area contributed by atoms with Gasteiger partial charge in [-0.25, -0.2) is 4.98 Å². The summed E-state index contributed by atoms with van der Waals surface area (Å²) < 4.78 is 19.5. The highest BCUT2D eigenvalue weighted by Crippen LogP contribution is 2.21.